The van der Waals surface area contributed by atoms with E-state index in [0.29, 0.717) is 19.5 Å². The minimum Gasteiger partial charge on any atom is -0.342 e. The molecule has 4 nitrogen and oxygen atoms in total. The van der Waals surface area contributed by atoms with E-state index in [4.69, 9.17) is 0 Å². The molecule has 1 aromatic rings. The summed E-state index contributed by atoms with van der Waals surface area (Å²) in [7, 11) is 0. The number of aryl methyl sites for hydroxylation is 1. The van der Waals surface area contributed by atoms with Crippen molar-refractivity contribution in [1.29, 1.82) is 0 Å². The van der Waals surface area contributed by atoms with Gasteiger partial charge in [0.1, 0.15) is 0 Å². The molecule has 0 aliphatic heterocycles. The quantitative estimate of drug-likeness (QED) is 0.868. The van der Waals surface area contributed by atoms with E-state index in [0.717, 1.165) is 23.2 Å². The van der Waals surface area contributed by atoms with Gasteiger partial charge >= 0.3 is 0 Å². The number of carbonyl (C=O) groups excluding carboxylic acids is 2. The molecule has 0 aliphatic rings. The zero-order valence-corrected chi connectivity index (χ0v) is 12.8. The Morgan fingerprint density at radius 2 is 1.90 bits per heavy atom. The number of amides is 2. The second-order valence-electron chi connectivity index (χ2n) is 5.05. The molecule has 0 aromatic heterocycles. The van der Waals surface area contributed by atoms with Gasteiger partial charge in [0.05, 0.1) is 0 Å². The molecule has 1 rings (SSSR count). The van der Waals surface area contributed by atoms with Crippen LogP contribution in [0, 0.1) is 13.8 Å². The number of rotatable bonds is 6. The lowest BCUT2D eigenvalue weighted by Crippen LogP contribution is -2.32. The molecule has 4 heteroatoms. The molecule has 20 heavy (non-hydrogen) atoms. The highest BCUT2D eigenvalue weighted by Crippen LogP contribution is 2.18. The predicted molar refractivity (Wildman–Crippen MR) is 81.7 cm³/mol. The molecular formula is C16H24N2O2. The van der Waals surface area contributed by atoms with E-state index in [9.17, 15) is 9.59 Å². The van der Waals surface area contributed by atoms with E-state index in [1.807, 2.05) is 39.0 Å². The summed E-state index contributed by atoms with van der Waals surface area (Å²) < 4.78 is 0. The third-order valence-corrected chi connectivity index (χ3v) is 3.43. The Morgan fingerprint density at radius 3 is 2.50 bits per heavy atom. The summed E-state index contributed by atoms with van der Waals surface area (Å²) in [5.41, 5.74) is 3.08. The van der Waals surface area contributed by atoms with Crippen LogP contribution in [0.15, 0.2) is 18.2 Å². The van der Waals surface area contributed by atoms with Crippen LogP contribution in [-0.4, -0.2) is 29.8 Å². The minimum atomic E-state index is -0.0546. The Bertz CT molecular complexity index is 483. The van der Waals surface area contributed by atoms with Crippen LogP contribution < -0.4 is 5.32 Å². The van der Waals surface area contributed by atoms with Crippen molar-refractivity contribution in [2.45, 2.75) is 40.5 Å². The van der Waals surface area contributed by atoms with Crippen molar-refractivity contribution in [3.63, 3.8) is 0 Å². The Kier molecular flexibility index (Phi) is 6.22. The van der Waals surface area contributed by atoms with Gasteiger partial charge < -0.3 is 10.2 Å². The van der Waals surface area contributed by atoms with Gasteiger partial charge in [-0.1, -0.05) is 19.1 Å². The molecule has 0 spiro atoms. The number of carbonyl (C=O) groups is 2. The molecule has 2 amide bonds. The zero-order valence-electron chi connectivity index (χ0n) is 12.8. The number of hydrogen-bond acceptors (Lipinski definition) is 2. The fourth-order valence-electron chi connectivity index (χ4n) is 2.03. The minimum absolute atomic E-state index is 0.0198. The molecule has 0 saturated carbocycles. The van der Waals surface area contributed by atoms with Gasteiger partial charge in [-0.15, -0.1) is 0 Å². The van der Waals surface area contributed by atoms with Gasteiger partial charge in [0.2, 0.25) is 11.8 Å². The fraction of sp³-hybridized carbons (Fsp3) is 0.500. The van der Waals surface area contributed by atoms with Crippen LogP contribution in [0.1, 0.15) is 37.8 Å². The summed E-state index contributed by atoms with van der Waals surface area (Å²) in [6.45, 7) is 8.74. The van der Waals surface area contributed by atoms with Crippen LogP contribution in [0.2, 0.25) is 0 Å². The van der Waals surface area contributed by atoms with Gasteiger partial charge in [-0.2, -0.15) is 0 Å². The van der Waals surface area contributed by atoms with E-state index in [1.54, 1.807) is 4.90 Å². The first-order valence-electron chi connectivity index (χ1n) is 7.07. The lowest BCUT2D eigenvalue weighted by molar-refractivity contribution is -0.129. The number of anilines is 1. The Labute approximate surface area is 121 Å². The molecule has 0 fully saturated rings. The summed E-state index contributed by atoms with van der Waals surface area (Å²) in [5, 5.41) is 2.91. The molecule has 0 aliphatic carbocycles. The molecule has 1 aromatic carbocycles. The molecule has 0 saturated heterocycles. The maximum absolute atomic E-state index is 12.0. The van der Waals surface area contributed by atoms with Crippen LogP contribution in [0.4, 0.5) is 5.69 Å². The van der Waals surface area contributed by atoms with Crippen molar-refractivity contribution in [3.05, 3.63) is 29.3 Å². The van der Waals surface area contributed by atoms with Crippen LogP contribution >= 0.6 is 0 Å². The SMILES string of the molecule is CCCN(CCC(=O)Nc1cccc(C)c1C)C(C)=O. The van der Waals surface area contributed by atoms with Crippen molar-refractivity contribution in [3.8, 4) is 0 Å². The molecule has 0 heterocycles. The van der Waals surface area contributed by atoms with Crippen LogP contribution in [0.3, 0.4) is 0 Å². The lowest BCUT2D eigenvalue weighted by Gasteiger charge is -2.20. The van der Waals surface area contributed by atoms with Crippen molar-refractivity contribution in [2.24, 2.45) is 0 Å². The Morgan fingerprint density at radius 1 is 1.20 bits per heavy atom. The largest absolute Gasteiger partial charge is 0.342 e. The number of nitrogens with one attached hydrogen (secondary N) is 1. The van der Waals surface area contributed by atoms with Gasteiger partial charge in [-0.3, -0.25) is 9.59 Å². The highest BCUT2D eigenvalue weighted by Gasteiger charge is 2.11. The van der Waals surface area contributed by atoms with Crippen molar-refractivity contribution in [2.75, 3.05) is 18.4 Å². The summed E-state index contributed by atoms with van der Waals surface area (Å²) >= 11 is 0. The summed E-state index contributed by atoms with van der Waals surface area (Å²) in [5.74, 6) is -0.0348. The van der Waals surface area contributed by atoms with Crippen molar-refractivity contribution in [1.82, 2.24) is 4.90 Å². The molecule has 1 N–H and O–H groups in total. The van der Waals surface area contributed by atoms with Crippen LogP contribution in [-0.2, 0) is 9.59 Å². The van der Waals surface area contributed by atoms with E-state index in [1.165, 1.54) is 6.92 Å². The molecular weight excluding hydrogens is 252 g/mol. The highest BCUT2D eigenvalue weighted by molar-refractivity contribution is 5.92. The van der Waals surface area contributed by atoms with E-state index < -0.39 is 0 Å². The fourth-order valence-corrected chi connectivity index (χ4v) is 2.03. The second-order valence-corrected chi connectivity index (χ2v) is 5.05. The predicted octanol–water partition coefficient (Wildman–Crippen LogP) is 2.89. The average molecular weight is 276 g/mol. The van der Waals surface area contributed by atoms with Crippen LogP contribution in [0.5, 0.6) is 0 Å². The number of benzene rings is 1. The smallest absolute Gasteiger partial charge is 0.226 e. The first-order chi connectivity index (χ1) is 9.45. The normalized spacial score (nSPS) is 10.2. The van der Waals surface area contributed by atoms with E-state index >= 15 is 0 Å². The lowest BCUT2D eigenvalue weighted by atomic mass is 10.1. The third kappa shape index (κ3) is 4.68. The Hall–Kier alpha value is -1.84. The average Bonchev–Trinajstić information content (AvgIpc) is 2.39. The standard InChI is InChI=1S/C16H24N2O2/c1-5-10-18(14(4)19)11-9-16(20)17-15-8-6-7-12(2)13(15)3/h6-8H,5,9-11H2,1-4H3,(H,17,20). The molecule has 0 unspecified atom stereocenters. The first-order valence-corrected chi connectivity index (χ1v) is 7.07. The summed E-state index contributed by atoms with van der Waals surface area (Å²) in [4.78, 5) is 25.1. The molecule has 0 atom stereocenters. The zero-order chi connectivity index (χ0) is 15.1. The third-order valence-electron chi connectivity index (χ3n) is 3.43. The summed E-state index contributed by atoms with van der Waals surface area (Å²) in [6, 6.07) is 5.84. The van der Waals surface area contributed by atoms with Gasteiger partial charge in [0.25, 0.3) is 0 Å². The highest BCUT2D eigenvalue weighted by atomic mass is 16.2. The van der Waals surface area contributed by atoms with Gasteiger partial charge in [-0.05, 0) is 37.5 Å². The Balaban J connectivity index is 2.55. The van der Waals surface area contributed by atoms with Gasteiger partial charge in [0.15, 0.2) is 0 Å². The molecule has 0 bridgehead atoms. The van der Waals surface area contributed by atoms with Gasteiger partial charge in [0, 0.05) is 32.1 Å². The maximum atomic E-state index is 12.0. The maximum Gasteiger partial charge on any atom is 0.226 e. The second kappa shape index (κ2) is 7.68. The van der Waals surface area contributed by atoms with Crippen LogP contribution in [0.25, 0.3) is 0 Å². The topological polar surface area (TPSA) is 49.4 Å². The van der Waals surface area contributed by atoms with Crippen molar-refractivity contribution < 1.29 is 9.59 Å². The van der Waals surface area contributed by atoms with E-state index in [2.05, 4.69) is 5.32 Å². The number of hydrogen-bond donors (Lipinski definition) is 1. The molecule has 0 radical (unpaired) electrons. The number of nitrogens with zero attached hydrogens (tertiary/aromatic N) is 1. The van der Waals surface area contributed by atoms with E-state index in [-0.39, 0.29) is 11.8 Å². The molecule has 110 valence electrons. The van der Waals surface area contributed by atoms with Crippen molar-refractivity contribution >= 4 is 17.5 Å². The summed E-state index contributed by atoms with van der Waals surface area (Å²) in [6.07, 6.45) is 1.23. The van der Waals surface area contributed by atoms with Gasteiger partial charge in [-0.25, -0.2) is 0 Å². The first kappa shape index (κ1) is 16.2. The monoisotopic (exact) mass is 276 g/mol.